The topological polar surface area (TPSA) is 63.9 Å². The largest absolute Gasteiger partial charge is 0.338 e. The summed E-state index contributed by atoms with van der Waals surface area (Å²) in [5.74, 6) is 0.988. The van der Waals surface area contributed by atoms with Crippen LogP contribution >= 0.6 is 0 Å². The van der Waals surface area contributed by atoms with E-state index in [1.165, 1.54) is 5.56 Å². The van der Waals surface area contributed by atoms with Gasteiger partial charge in [0.1, 0.15) is 5.82 Å². The van der Waals surface area contributed by atoms with E-state index in [2.05, 4.69) is 41.3 Å². The molecule has 0 spiro atoms. The molecule has 1 aliphatic heterocycles. The zero-order chi connectivity index (χ0) is 22.8. The second kappa shape index (κ2) is 8.98. The Morgan fingerprint density at radius 1 is 1.06 bits per heavy atom. The van der Waals surface area contributed by atoms with E-state index in [-0.39, 0.29) is 11.8 Å². The maximum Gasteiger partial charge on any atom is 0.253 e. The van der Waals surface area contributed by atoms with Crippen LogP contribution in [0.3, 0.4) is 0 Å². The average Bonchev–Trinajstić information content (AvgIpc) is 3.39. The Kier molecular flexibility index (Phi) is 5.73. The van der Waals surface area contributed by atoms with Crippen molar-refractivity contribution in [1.29, 1.82) is 0 Å². The summed E-state index contributed by atoms with van der Waals surface area (Å²) in [5.41, 5.74) is 5.99. The fourth-order valence-electron chi connectivity index (χ4n) is 4.60. The van der Waals surface area contributed by atoms with E-state index in [9.17, 15) is 4.79 Å². The number of nitrogens with zero attached hydrogens (tertiary/aromatic N) is 5. The fourth-order valence-corrected chi connectivity index (χ4v) is 4.60. The summed E-state index contributed by atoms with van der Waals surface area (Å²) in [5, 5.41) is 4.28. The molecule has 6 nitrogen and oxygen atoms in total. The lowest BCUT2D eigenvalue weighted by Crippen LogP contribution is -2.39. The summed E-state index contributed by atoms with van der Waals surface area (Å²) in [7, 11) is 0. The third kappa shape index (κ3) is 4.42. The van der Waals surface area contributed by atoms with E-state index >= 15 is 0 Å². The summed E-state index contributed by atoms with van der Waals surface area (Å²) in [6.07, 6.45) is 7.50. The molecule has 1 unspecified atom stereocenters. The smallest absolute Gasteiger partial charge is 0.253 e. The summed E-state index contributed by atoms with van der Waals surface area (Å²) in [4.78, 5) is 24.7. The minimum Gasteiger partial charge on any atom is -0.338 e. The summed E-state index contributed by atoms with van der Waals surface area (Å²) in [6.45, 7) is 5.43. The standard InChI is InChI=1S/C27H27N5O/c1-19-7-3-8-21(15-19)25-17-28-20(2)30-26(25)23-10-5-13-31(18-23)27(33)22-9-4-11-24(16-22)32-14-6-12-29-32/h3-4,6-9,11-12,14-17,23H,5,10,13,18H2,1-2H3. The Morgan fingerprint density at radius 2 is 1.94 bits per heavy atom. The van der Waals surface area contributed by atoms with Crippen LogP contribution in [-0.2, 0) is 0 Å². The summed E-state index contributed by atoms with van der Waals surface area (Å²) in [6, 6.07) is 18.0. The zero-order valence-corrected chi connectivity index (χ0v) is 19.0. The molecule has 1 atom stereocenters. The van der Waals surface area contributed by atoms with E-state index in [1.807, 2.05) is 54.5 Å². The number of carbonyl (C=O) groups is 1. The monoisotopic (exact) mass is 437 g/mol. The van der Waals surface area contributed by atoms with Crippen molar-refractivity contribution in [2.75, 3.05) is 13.1 Å². The van der Waals surface area contributed by atoms with Gasteiger partial charge in [-0.25, -0.2) is 14.6 Å². The van der Waals surface area contributed by atoms with Gasteiger partial charge in [0.2, 0.25) is 0 Å². The molecule has 5 rings (SSSR count). The molecule has 3 heterocycles. The Bertz CT molecular complexity index is 1280. The molecule has 2 aromatic heterocycles. The number of aromatic nitrogens is 4. The Balaban J connectivity index is 1.43. The number of piperidine rings is 1. The highest BCUT2D eigenvalue weighted by atomic mass is 16.2. The van der Waals surface area contributed by atoms with E-state index < -0.39 is 0 Å². The van der Waals surface area contributed by atoms with Crippen molar-refractivity contribution < 1.29 is 4.79 Å². The number of amides is 1. The van der Waals surface area contributed by atoms with Gasteiger partial charge < -0.3 is 4.90 Å². The molecule has 1 aliphatic rings. The molecule has 1 fully saturated rings. The molecule has 6 heteroatoms. The van der Waals surface area contributed by atoms with Gasteiger partial charge in [-0.05, 0) is 56.5 Å². The van der Waals surface area contributed by atoms with E-state index in [4.69, 9.17) is 4.98 Å². The Labute approximate surface area is 193 Å². The number of benzene rings is 2. The molecule has 4 aromatic rings. The van der Waals surface area contributed by atoms with Gasteiger partial charge in [0.05, 0.1) is 11.4 Å². The van der Waals surface area contributed by atoms with Crippen LogP contribution in [0.5, 0.6) is 0 Å². The molecule has 0 bridgehead atoms. The SMILES string of the molecule is Cc1cccc(-c2cnc(C)nc2C2CCCN(C(=O)c3cccc(-n4cccn4)c3)C2)c1. The highest BCUT2D eigenvalue weighted by molar-refractivity contribution is 5.95. The summed E-state index contributed by atoms with van der Waals surface area (Å²) >= 11 is 0. The third-order valence-electron chi connectivity index (χ3n) is 6.23. The van der Waals surface area contributed by atoms with Crippen LogP contribution < -0.4 is 0 Å². The number of rotatable bonds is 4. The number of hydrogen-bond donors (Lipinski definition) is 0. The lowest BCUT2D eigenvalue weighted by Gasteiger charge is -2.33. The second-order valence-electron chi connectivity index (χ2n) is 8.68. The molecule has 0 N–H and O–H groups in total. The van der Waals surface area contributed by atoms with Crippen LogP contribution in [0.25, 0.3) is 16.8 Å². The predicted octanol–water partition coefficient (Wildman–Crippen LogP) is 4.97. The van der Waals surface area contributed by atoms with Gasteiger partial charge in [0.25, 0.3) is 5.91 Å². The lowest BCUT2D eigenvalue weighted by atomic mass is 9.89. The Hall–Kier alpha value is -3.80. The van der Waals surface area contributed by atoms with Crippen LogP contribution in [0.15, 0.2) is 73.2 Å². The molecule has 33 heavy (non-hydrogen) atoms. The normalized spacial score (nSPS) is 16.1. The molecule has 0 saturated carbocycles. The van der Waals surface area contributed by atoms with Gasteiger partial charge in [-0.15, -0.1) is 0 Å². The van der Waals surface area contributed by atoms with Crippen LogP contribution in [-0.4, -0.2) is 43.6 Å². The van der Waals surface area contributed by atoms with Gasteiger partial charge in [0, 0.05) is 48.7 Å². The van der Waals surface area contributed by atoms with Crippen molar-refractivity contribution in [2.45, 2.75) is 32.6 Å². The fraction of sp³-hybridized carbons (Fsp3) is 0.259. The van der Waals surface area contributed by atoms with Crippen LogP contribution in [0.4, 0.5) is 0 Å². The molecule has 0 aliphatic carbocycles. The molecule has 166 valence electrons. The van der Waals surface area contributed by atoms with Gasteiger partial charge in [-0.1, -0.05) is 35.9 Å². The predicted molar refractivity (Wildman–Crippen MR) is 128 cm³/mol. The van der Waals surface area contributed by atoms with Crippen molar-refractivity contribution in [3.8, 4) is 16.8 Å². The molecule has 1 saturated heterocycles. The first-order valence-electron chi connectivity index (χ1n) is 11.4. The van der Waals surface area contributed by atoms with E-state index in [0.29, 0.717) is 12.1 Å². The van der Waals surface area contributed by atoms with Gasteiger partial charge >= 0.3 is 0 Å². The first-order valence-corrected chi connectivity index (χ1v) is 11.4. The minimum absolute atomic E-state index is 0.0524. The molecular weight excluding hydrogens is 410 g/mol. The van der Waals surface area contributed by atoms with Crippen molar-refractivity contribution in [3.63, 3.8) is 0 Å². The highest BCUT2D eigenvalue weighted by Gasteiger charge is 2.28. The minimum atomic E-state index is 0.0524. The quantitative estimate of drug-likeness (QED) is 0.452. The number of likely N-dealkylation sites (tertiary alicyclic amines) is 1. The molecule has 0 radical (unpaired) electrons. The first-order chi connectivity index (χ1) is 16.1. The van der Waals surface area contributed by atoms with E-state index in [1.54, 1.807) is 10.9 Å². The van der Waals surface area contributed by atoms with Crippen LogP contribution in [0.2, 0.25) is 0 Å². The number of hydrogen-bond acceptors (Lipinski definition) is 4. The lowest BCUT2D eigenvalue weighted by molar-refractivity contribution is 0.0706. The molecular formula is C27H27N5O. The van der Waals surface area contributed by atoms with Crippen LogP contribution in [0.1, 0.15) is 46.2 Å². The number of carbonyl (C=O) groups excluding carboxylic acids is 1. The second-order valence-corrected chi connectivity index (χ2v) is 8.68. The zero-order valence-electron chi connectivity index (χ0n) is 19.0. The van der Waals surface area contributed by atoms with Gasteiger partial charge in [-0.3, -0.25) is 4.79 Å². The molecule has 1 amide bonds. The third-order valence-corrected chi connectivity index (χ3v) is 6.23. The summed E-state index contributed by atoms with van der Waals surface area (Å²) < 4.78 is 1.77. The van der Waals surface area contributed by atoms with Crippen molar-refractivity contribution in [1.82, 2.24) is 24.6 Å². The van der Waals surface area contributed by atoms with Crippen LogP contribution in [0, 0.1) is 13.8 Å². The first kappa shape index (κ1) is 21.1. The maximum atomic E-state index is 13.4. The Morgan fingerprint density at radius 3 is 2.76 bits per heavy atom. The van der Waals surface area contributed by atoms with Gasteiger partial charge in [-0.2, -0.15) is 5.10 Å². The van der Waals surface area contributed by atoms with Gasteiger partial charge in [0.15, 0.2) is 0 Å². The average molecular weight is 438 g/mol. The van der Waals surface area contributed by atoms with Crippen molar-refractivity contribution in [2.24, 2.45) is 0 Å². The van der Waals surface area contributed by atoms with E-state index in [0.717, 1.165) is 47.7 Å². The number of aryl methyl sites for hydroxylation is 2. The molecule has 2 aromatic carbocycles. The highest BCUT2D eigenvalue weighted by Crippen LogP contribution is 2.33. The van der Waals surface area contributed by atoms with Crippen molar-refractivity contribution >= 4 is 5.91 Å². The van der Waals surface area contributed by atoms with Crippen molar-refractivity contribution in [3.05, 3.63) is 95.8 Å². The maximum absolute atomic E-state index is 13.4.